The number of carbonyl (C=O) groups excluding carboxylic acids is 1. The van der Waals surface area contributed by atoms with E-state index in [4.69, 9.17) is 0 Å². The van der Waals surface area contributed by atoms with Gasteiger partial charge in [0.05, 0.1) is 5.56 Å². The first-order valence-electron chi connectivity index (χ1n) is 7.33. The number of pyridine rings is 2. The predicted molar refractivity (Wildman–Crippen MR) is 91.6 cm³/mol. The minimum absolute atomic E-state index is 0.161. The standard InChI is InChI=1S/C19H16N2O2/c1-12-5-7-14(8-6-12)9-10-16(22)17-13(2)15-4-3-11-20-18(15)21-19(17)23/h3-11H,1-2H3,(H,20,21,23). The molecule has 0 aliphatic heterocycles. The third kappa shape index (κ3) is 2.97. The number of carbonyl (C=O) groups is 1. The van der Waals surface area contributed by atoms with E-state index in [1.807, 2.05) is 37.3 Å². The zero-order chi connectivity index (χ0) is 16.4. The molecule has 0 aliphatic rings. The summed E-state index contributed by atoms with van der Waals surface area (Å²) in [6, 6.07) is 11.4. The number of aromatic amines is 1. The highest BCUT2D eigenvalue weighted by Crippen LogP contribution is 2.16. The van der Waals surface area contributed by atoms with Crippen LogP contribution in [0.2, 0.25) is 0 Å². The van der Waals surface area contributed by atoms with Crippen LogP contribution in [0.25, 0.3) is 17.1 Å². The number of fused-ring (bicyclic) bond motifs is 1. The molecule has 0 saturated heterocycles. The molecule has 0 unspecified atom stereocenters. The van der Waals surface area contributed by atoms with Gasteiger partial charge in [0.1, 0.15) is 5.65 Å². The van der Waals surface area contributed by atoms with Gasteiger partial charge in [-0.2, -0.15) is 0 Å². The second-order valence-corrected chi connectivity index (χ2v) is 5.46. The number of aryl methyl sites for hydroxylation is 2. The van der Waals surface area contributed by atoms with Gasteiger partial charge in [0.15, 0.2) is 5.78 Å². The van der Waals surface area contributed by atoms with Crippen molar-refractivity contribution in [2.75, 3.05) is 0 Å². The van der Waals surface area contributed by atoms with Crippen LogP contribution in [0.5, 0.6) is 0 Å². The van der Waals surface area contributed by atoms with Crippen LogP contribution >= 0.6 is 0 Å². The van der Waals surface area contributed by atoms with Crippen molar-refractivity contribution >= 4 is 22.9 Å². The van der Waals surface area contributed by atoms with Gasteiger partial charge >= 0.3 is 0 Å². The van der Waals surface area contributed by atoms with Gasteiger partial charge in [0, 0.05) is 11.6 Å². The number of rotatable bonds is 3. The van der Waals surface area contributed by atoms with Crippen molar-refractivity contribution in [3.63, 3.8) is 0 Å². The van der Waals surface area contributed by atoms with Crippen LogP contribution in [-0.4, -0.2) is 15.8 Å². The SMILES string of the molecule is Cc1ccc(C=CC(=O)c2c(C)c3cccnc3[nH]c2=O)cc1. The van der Waals surface area contributed by atoms with Crippen LogP contribution in [0.1, 0.15) is 27.0 Å². The molecule has 4 heteroatoms. The van der Waals surface area contributed by atoms with Gasteiger partial charge in [-0.05, 0) is 43.2 Å². The van der Waals surface area contributed by atoms with Crippen molar-refractivity contribution in [3.8, 4) is 0 Å². The Hall–Kier alpha value is -3.01. The number of hydrogen-bond acceptors (Lipinski definition) is 3. The first kappa shape index (κ1) is 14.9. The lowest BCUT2D eigenvalue weighted by molar-refractivity contribution is 0.104. The maximum absolute atomic E-state index is 12.4. The van der Waals surface area contributed by atoms with Crippen molar-refractivity contribution in [3.05, 3.63) is 81.3 Å². The molecule has 1 aromatic carbocycles. The zero-order valence-electron chi connectivity index (χ0n) is 13.0. The zero-order valence-corrected chi connectivity index (χ0v) is 13.0. The van der Waals surface area contributed by atoms with Crippen molar-refractivity contribution in [2.24, 2.45) is 0 Å². The van der Waals surface area contributed by atoms with Crippen molar-refractivity contribution in [2.45, 2.75) is 13.8 Å². The smallest absolute Gasteiger partial charge is 0.261 e. The van der Waals surface area contributed by atoms with Gasteiger partial charge in [0.2, 0.25) is 0 Å². The summed E-state index contributed by atoms with van der Waals surface area (Å²) < 4.78 is 0. The van der Waals surface area contributed by atoms with Gasteiger partial charge in [-0.15, -0.1) is 0 Å². The molecule has 23 heavy (non-hydrogen) atoms. The third-order valence-electron chi connectivity index (χ3n) is 3.80. The van der Waals surface area contributed by atoms with E-state index in [0.29, 0.717) is 11.2 Å². The summed E-state index contributed by atoms with van der Waals surface area (Å²) in [5.41, 5.74) is 2.97. The number of allylic oxidation sites excluding steroid dienone is 1. The van der Waals surface area contributed by atoms with E-state index >= 15 is 0 Å². The first-order chi connectivity index (χ1) is 11.1. The predicted octanol–water partition coefficient (Wildman–Crippen LogP) is 3.44. The monoisotopic (exact) mass is 304 g/mol. The molecule has 0 radical (unpaired) electrons. The Morgan fingerprint density at radius 3 is 2.61 bits per heavy atom. The third-order valence-corrected chi connectivity index (χ3v) is 3.80. The summed E-state index contributed by atoms with van der Waals surface area (Å²) in [4.78, 5) is 31.4. The Morgan fingerprint density at radius 2 is 1.87 bits per heavy atom. The van der Waals surface area contributed by atoms with Gasteiger partial charge < -0.3 is 4.98 Å². The minimum Gasteiger partial charge on any atom is -0.306 e. The van der Waals surface area contributed by atoms with Crippen molar-refractivity contribution in [1.29, 1.82) is 0 Å². The number of nitrogens with one attached hydrogen (secondary N) is 1. The van der Waals surface area contributed by atoms with E-state index < -0.39 is 5.56 Å². The van der Waals surface area contributed by atoms with E-state index in [1.54, 1.807) is 25.3 Å². The Bertz CT molecular complexity index is 967. The number of nitrogens with zero attached hydrogens (tertiary/aromatic N) is 1. The van der Waals surface area contributed by atoms with E-state index in [1.165, 1.54) is 6.08 Å². The second kappa shape index (κ2) is 6.01. The minimum atomic E-state index is -0.410. The van der Waals surface area contributed by atoms with Crippen LogP contribution < -0.4 is 5.56 Å². The highest BCUT2D eigenvalue weighted by molar-refractivity contribution is 6.09. The summed E-state index contributed by atoms with van der Waals surface area (Å²) >= 11 is 0. The fourth-order valence-electron chi connectivity index (χ4n) is 2.51. The number of aromatic nitrogens is 2. The Kier molecular flexibility index (Phi) is 3.89. The van der Waals surface area contributed by atoms with Crippen LogP contribution in [0.3, 0.4) is 0 Å². The normalized spacial score (nSPS) is 11.2. The summed E-state index contributed by atoms with van der Waals surface area (Å²) in [7, 11) is 0. The molecule has 0 fully saturated rings. The summed E-state index contributed by atoms with van der Waals surface area (Å²) in [5, 5.41) is 0.777. The van der Waals surface area contributed by atoms with Crippen molar-refractivity contribution < 1.29 is 4.79 Å². The molecular weight excluding hydrogens is 288 g/mol. The van der Waals surface area contributed by atoms with E-state index in [9.17, 15) is 9.59 Å². The van der Waals surface area contributed by atoms with Gasteiger partial charge in [0.25, 0.3) is 5.56 Å². The summed E-state index contributed by atoms with van der Waals surface area (Å²) in [6.45, 7) is 3.77. The number of H-pyrrole nitrogens is 1. The topological polar surface area (TPSA) is 62.8 Å². The fraction of sp³-hybridized carbons (Fsp3) is 0.105. The first-order valence-corrected chi connectivity index (χ1v) is 7.33. The largest absolute Gasteiger partial charge is 0.306 e. The van der Waals surface area contributed by atoms with E-state index in [0.717, 1.165) is 16.5 Å². The molecule has 0 aliphatic carbocycles. The summed E-state index contributed by atoms with van der Waals surface area (Å²) in [6.07, 6.45) is 4.76. The molecule has 114 valence electrons. The lowest BCUT2D eigenvalue weighted by Crippen LogP contribution is -2.19. The Labute approximate surface area is 133 Å². The fourth-order valence-corrected chi connectivity index (χ4v) is 2.51. The summed E-state index contributed by atoms with van der Waals surface area (Å²) in [5.74, 6) is -0.310. The molecule has 1 N–H and O–H groups in total. The number of hydrogen-bond donors (Lipinski definition) is 1. The second-order valence-electron chi connectivity index (χ2n) is 5.46. The molecule has 0 saturated carbocycles. The maximum Gasteiger partial charge on any atom is 0.261 e. The molecule has 3 rings (SSSR count). The highest BCUT2D eigenvalue weighted by atomic mass is 16.1. The Morgan fingerprint density at radius 1 is 1.13 bits per heavy atom. The van der Waals surface area contributed by atoms with Crippen LogP contribution in [0.15, 0.2) is 53.5 Å². The van der Waals surface area contributed by atoms with E-state index in [2.05, 4.69) is 9.97 Å². The molecular formula is C19H16N2O2. The molecule has 2 aromatic heterocycles. The number of ketones is 1. The van der Waals surface area contributed by atoms with Gasteiger partial charge in [-0.1, -0.05) is 35.9 Å². The van der Waals surface area contributed by atoms with E-state index in [-0.39, 0.29) is 11.3 Å². The molecule has 0 atom stereocenters. The van der Waals surface area contributed by atoms with Crippen LogP contribution in [-0.2, 0) is 0 Å². The van der Waals surface area contributed by atoms with Gasteiger partial charge in [-0.3, -0.25) is 9.59 Å². The number of benzene rings is 1. The molecule has 0 bridgehead atoms. The lowest BCUT2D eigenvalue weighted by atomic mass is 10.0. The van der Waals surface area contributed by atoms with Gasteiger partial charge in [-0.25, -0.2) is 4.98 Å². The van der Waals surface area contributed by atoms with Crippen LogP contribution in [0.4, 0.5) is 0 Å². The average Bonchev–Trinajstić information content (AvgIpc) is 2.54. The molecule has 0 amide bonds. The average molecular weight is 304 g/mol. The molecule has 4 nitrogen and oxygen atoms in total. The lowest BCUT2D eigenvalue weighted by Gasteiger charge is -2.05. The Balaban J connectivity index is 2.01. The van der Waals surface area contributed by atoms with Crippen LogP contribution in [0, 0.1) is 13.8 Å². The quantitative estimate of drug-likeness (QED) is 0.595. The maximum atomic E-state index is 12.4. The molecule has 0 spiro atoms. The molecule has 3 aromatic rings. The highest BCUT2D eigenvalue weighted by Gasteiger charge is 2.14. The molecule has 2 heterocycles. The van der Waals surface area contributed by atoms with Crippen molar-refractivity contribution in [1.82, 2.24) is 9.97 Å².